The molecule has 166 valence electrons. The average Bonchev–Trinajstić information content (AvgIpc) is 2.79. The van der Waals surface area contributed by atoms with Gasteiger partial charge in [0.15, 0.2) is 0 Å². The van der Waals surface area contributed by atoms with Gasteiger partial charge in [-0.1, -0.05) is 48.5 Å². The van der Waals surface area contributed by atoms with Gasteiger partial charge in [-0.05, 0) is 51.0 Å². The summed E-state index contributed by atoms with van der Waals surface area (Å²) in [5.41, 5.74) is 3.29. The van der Waals surface area contributed by atoms with Crippen LogP contribution in [0.2, 0.25) is 0 Å². The van der Waals surface area contributed by atoms with Gasteiger partial charge in [-0.15, -0.1) is 6.58 Å². The zero-order valence-electron chi connectivity index (χ0n) is 19.5. The maximum atomic E-state index is 12.8. The molecule has 1 aliphatic rings. The summed E-state index contributed by atoms with van der Waals surface area (Å²) in [5, 5.41) is 0. The number of piperazine rings is 1. The first-order chi connectivity index (χ1) is 15.0. The van der Waals surface area contributed by atoms with E-state index in [1.807, 2.05) is 37.0 Å². The van der Waals surface area contributed by atoms with E-state index in [-0.39, 0.29) is 11.9 Å². The number of amides is 1. The van der Waals surface area contributed by atoms with Crippen molar-refractivity contribution in [1.82, 2.24) is 14.7 Å². The Labute approximate surface area is 188 Å². The van der Waals surface area contributed by atoms with Crippen molar-refractivity contribution < 1.29 is 4.79 Å². The van der Waals surface area contributed by atoms with E-state index in [2.05, 4.69) is 72.7 Å². The van der Waals surface area contributed by atoms with Crippen molar-refractivity contribution in [3.8, 4) is 0 Å². The van der Waals surface area contributed by atoms with Gasteiger partial charge in [-0.3, -0.25) is 14.6 Å². The Hall–Kier alpha value is -2.43. The van der Waals surface area contributed by atoms with Crippen molar-refractivity contribution in [3.05, 3.63) is 83.9 Å². The van der Waals surface area contributed by atoms with Crippen LogP contribution in [0.15, 0.2) is 67.3 Å². The Morgan fingerprint density at radius 1 is 1.00 bits per heavy atom. The first kappa shape index (κ1) is 23.2. The second-order valence-electron chi connectivity index (χ2n) is 8.55. The standard InChI is InChI=1S/C27H37N3O/c1-6-18-29-19-22(5)30(20-21(29)4)26(23-12-10-9-11-13-23)24-14-16-25(17-15-24)27(31)28(7-2)8-3/h6,9-17,21-22,26H,1,7-8,18-20H2,2-5H3/t21-,22+,26-/m0/s1. The molecule has 0 aromatic heterocycles. The van der Waals surface area contributed by atoms with E-state index in [9.17, 15) is 4.79 Å². The van der Waals surface area contributed by atoms with Gasteiger partial charge in [0.25, 0.3) is 5.91 Å². The molecule has 31 heavy (non-hydrogen) atoms. The highest BCUT2D eigenvalue weighted by Gasteiger charge is 2.34. The van der Waals surface area contributed by atoms with Crippen molar-refractivity contribution in [2.24, 2.45) is 0 Å². The summed E-state index contributed by atoms with van der Waals surface area (Å²) in [4.78, 5) is 19.7. The van der Waals surface area contributed by atoms with Crippen LogP contribution in [0.1, 0.15) is 55.2 Å². The Kier molecular flexibility index (Phi) is 8.05. The average molecular weight is 420 g/mol. The van der Waals surface area contributed by atoms with Crippen molar-refractivity contribution in [2.75, 3.05) is 32.7 Å². The van der Waals surface area contributed by atoms with E-state index in [1.165, 1.54) is 11.1 Å². The molecular formula is C27H37N3O. The molecule has 1 heterocycles. The zero-order chi connectivity index (χ0) is 22.4. The van der Waals surface area contributed by atoms with Crippen LogP contribution in [0.4, 0.5) is 0 Å². The van der Waals surface area contributed by atoms with Crippen LogP contribution >= 0.6 is 0 Å². The minimum absolute atomic E-state index is 0.104. The Balaban J connectivity index is 1.92. The van der Waals surface area contributed by atoms with E-state index in [0.29, 0.717) is 12.1 Å². The molecule has 0 saturated carbocycles. The molecule has 3 rings (SSSR count). The highest BCUT2D eigenvalue weighted by atomic mass is 16.2. The molecule has 1 aliphatic heterocycles. The third kappa shape index (κ3) is 5.25. The molecule has 0 N–H and O–H groups in total. The fraction of sp³-hybridized carbons (Fsp3) is 0.444. The van der Waals surface area contributed by atoms with Gasteiger partial charge in [0.2, 0.25) is 0 Å². The summed E-state index contributed by atoms with van der Waals surface area (Å²) in [6.07, 6.45) is 2.00. The van der Waals surface area contributed by atoms with Crippen LogP contribution in [0.5, 0.6) is 0 Å². The summed E-state index contributed by atoms with van der Waals surface area (Å²) in [6, 6.07) is 20.0. The maximum absolute atomic E-state index is 12.8. The summed E-state index contributed by atoms with van der Waals surface area (Å²) >= 11 is 0. The van der Waals surface area contributed by atoms with Gasteiger partial charge in [-0.25, -0.2) is 0 Å². The second-order valence-corrected chi connectivity index (χ2v) is 8.55. The van der Waals surface area contributed by atoms with E-state index >= 15 is 0 Å². The van der Waals surface area contributed by atoms with Crippen LogP contribution in [0.25, 0.3) is 0 Å². The zero-order valence-corrected chi connectivity index (χ0v) is 19.5. The summed E-state index contributed by atoms with van der Waals surface area (Å²) in [5.74, 6) is 0.104. The fourth-order valence-electron chi connectivity index (χ4n) is 4.72. The summed E-state index contributed by atoms with van der Waals surface area (Å²) in [6.45, 7) is 17.0. The van der Waals surface area contributed by atoms with Crippen LogP contribution in [-0.2, 0) is 0 Å². The fourth-order valence-corrected chi connectivity index (χ4v) is 4.72. The number of nitrogens with zero attached hydrogens (tertiary/aromatic N) is 3. The van der Waals surface area contributed by atoms with Crippen molar-refractivity contribution >= 4 is 5.91 Å². The quantitative estimate of drug-likeness (QED) is 0.573. The molecule has 0 unspecified atom stereocenters. The lowest BCUT2D eigenvalue weighted by Gasteiger charge is -2.47. The topological polar surface area (TPSA) is 26.8 Å². The second kappa shape index (κ2) is 10.7. The number of benzene rings is 2. The van der Waals surface area contributed by atoms with Crippen LogP contribution in [0, 0.1) is 0 Å². The SMILES string of the molecule is C=CCN1C[C@@H](C)N([C@@H](c2ccccc2)c2ccc(C(=O)N(CC)CC)cc2)C[C@@H]1C. The van der Waals surface area contributed by atoms with Crippen molar-refractivity contribution in [3.63, 3.8) is 0 Å². The minimum atomic E-state index is 0.104. The highest BCUT2D eigenvalue weighted by Crippen LogP contribution is 2.33. The van der Waals surface area contributed by atoms with E-state index in [1.54, 1.807) is 0 Å². The normalized spacial score (nSPS) is 20.9. The molecule has 0 spiro atoms. The third-order valence-electron chi connectivity index (χ3n) is 6.50. The lowest BCUT2D eigenvalue weighted by atomic mass is 9.93. The number of carbonyl (C=O) groups is 1. The van der Waals surface area contributed by atoms with Crippen LogP contribution in [-0.4, -0.2) is 65.4 Å². The Bertz CT molecular complexity index is 845. The van der Waals surface area contributed by atoms with Crippen molar-refractivity contribution in [2.45, 2.75) is 45.8 Å². The lowest BCUT2D eigenvalue weighted by molar-refractivity contribution is 0.0306. The lowest BCUT2D eigenvalue weighted by Crippen LogP contribution is -2.57. The molecule has 4 nitrogen and oxygen atoms in total. The summed E-state index contributed by atoms with van der Waals surface area (Å²) in [7, 11) is 0. The van der Waals surface area contributed by atoms with Crippen molar-refractivity contribution in [1.29, 1.82) is 0 Å². The van der Waals surface area contributed by atoms with Gasteiger partial charge in [0.1, 0.15) is 0 Å². The maximum Gasteiger partial charge on any atom is 0.253 e. The van der Waals surface area contributed by atoms with Crippen LogP contribution in [0.3, 0.4) is 0 Å². The van der Waals surface area contributed by atoms with E-state index < -0.39 is 0 Å². The summed E-state index contributed by atoms with van der Waals surface area (Å²) < 4.78 is 0. The number of carbonyl (C=O) groups excluding carboxylic acids is 1. The monoisotopic (exact) mass is 419 g/mol. The molecule has 0 radical (unpaired) electrons. The van der Waals surface area contributed by atoms with E-state index in [0.717, 1.165) is 38.3 Å². The first-order valence-corrected chi connectivity index (χ1v) is 11.5. The third-order valence-corrected chi connectivity index (χ3v) is 6.50. The van der Waals surface area contributed by atoms with Crippen LogP contribution < -0.4 is 0 Å². The van der Waals surface area contributed by atoms with E-state index in [4.69, 9.17) is 0 Å². The molecule has 0 aliphatic carbocycles. The number of hydrogen-bond donors (Lipinski definition) is 0. The largest absolute Gasteiger partial charge is 0.339 e. The molecule has 1 saturated heterocycles. The van der Waals surface area contributed by atoms with Gasteiger partial charge < -0.3 is 4.90 Å². The highest BCUT2D eigenvalue weighted by molar-refractivity contribution is 5.94. The first-order valence-electron chi connectivity index (χ1n) is 11.5. The molecular weight excluding hydrogens is 382 g/mol. The molecule has 4 heteroatoms. The predicted molar refractivity (Wildman–Crippen MR) is 129 cm³/mol. The number of rotatable bonds is 8. The predicted octanol–water partition coefficient (Wildman–Crippen LogP) is 4.84. The van der Waals surface area contributed by atoms with Gasteiger partial charge >= 0.3 is 0 Å². The Morgan fingerprint density at radius 2 is 1.61 bits per heavy atom. The molecule has 0 bridgehead atoms. The molecule has 2 aromatic rings. The number of hydrogen-bond acceptors (Lipinski definition) is 3. The van der Waals surface area contributed by atoms with Gasteiger partial charge in [-0.2, -0.15) is 0 Å². The smallest absolute Gasteiger partial charge is 0.253 e. The minimum Gasteiger partial charge on any atom is -0.339 e. The van der Waals surface area contributed by atoms with Gasteiger partial charge in [0.05, 0.1) is 6.04 Å². The molecule has 1 fully saturated rings. The molecule has 1 amide bonds. The Morgan fingerprint density at radius 3 is 2.19 bits per heavy atom. The molecule has 3 atom stereocenters. The van der Waals surface area contributed by atoms with Gasteiger partial charge in [0, 0.05) is 50.4 Å². The molecule has 2 aromatic carbocycles.